The van der Waals surface area contributed by atoms with Crippen LogP contribution in [0.2, 0.25) is 0 Å². The monoisotopic (exact) mass is 381 g/mol. The van der Waals surface area contributed by atoms with Gasteiger partial charge >= 0.3 is 0 Å². The SMILES string of the molecule is Cc1ccc(NC(=O)c2ccc(Nc3ccccc3Br)cn2)cc1. The van der Waals surface area contributed by atoms with Gasteiger partial charge in [-0.25, -0.2) is 4.98 Å². The number of carbonyl (C=O) groups excluding carboxylic acids is 1. The van der Waals surface area contributed by atoms with E-state index in [0.717, 1.165) is 27.1 Å². The van der Waals surface area contributed by atoms with Gasteiger partial charge < -0.3 is 10.6 Å². The molecule has 0 aliphatic heterocycles. The normalized spacial score (nSPS) is 10.2. The Hall–Kier alpha value is -2.66. The summed E-state index contributed by atoms with van der Waals surface area (Å²) in [6.45, 7) is 2.00. The van der Waals surface area contributed by atoms with Crippen molar-refractivity contribution in [2.24, 2.45) is 0 Å². The van der Waals surface area contributed by atoms with Crippen molar-refractivity contribution in [3.63, 3.8) is 0 Å². The van der Waals surface area contributed by atoms with Gasteiger partial charge in [0, 0.05) is 10.2 Å². The van der Waals surface area contributed by atoms with Crippen molar-refractivity contribution < 1.29 is 4.79 Å². The van der Waals surface area contributed by atoms with Crippen molar-refractivity contribution in [2.45, 2.75) is 6.92 Å². The Morgan fingerprint density at radius 2 is 1.67 bits per heavy atom. The highest BCUT2D eigenvalue weighted by Gasteiger charge is 2.08. The third-order valence-corrected chi connectivity index (χ3v) is 4.15. The molecule has 0 radical (unpaired) electrons. The van der Waals surface area contributed by atoms with E-state index in [9.17, 15) is 4.79 Å². The third kappa shape index (κ3) is 4.00. The van der Waals surface area contributed by atoms with Crippen LogP contribution in [0.25, 0.3) is 0 Å². The van der Waals surface area contributed by atoms with Crippen LogP contribution in [0.5, 0.6) is 0 Å². The largest absolute Gasteiger partial charge is 0.353 e. The minimum atomic E-state index is -0.230. The molecule has 3 rings (SSSR count). The Kier molecular flexibility index (Phi) is 4.91. The van der Waals surface area contributed by atoms with Crippen molar-refractivity contribution in [2.75, 3.05) is 10.6 Å². The summed E-state index contributed by atoms with van der Waals surface area (Å²) < 4.78 is 0.964. The molecule has 0 saturated heterocycles. The van der Waals surface area contributed by atoms with Crippen molar-refractivity contribution >= 4 is 38.9 Å². The van der Waals surface area contributed by atoms with Gasteiger partial charge in [0.2, 0.25) is 0 Å². The number of nitrogens with zero attached hydrogens (tertiary/aromatic N) is 1. The van der Waals surface area contributed by atoms with E-state index in [1.165, 1.54) is 0 Å². The van der Waals surface area contributed by atoms with Gasteiger partial charge in [-0.15, -0.1) is 0 Å². The van der Waals surface area contributed by atoms with Gasteiger partial charge in [0.05, 0.1) is 17.6 Å². The molecule has 0 spiro atoms. The van der Waals surface area contributed by atoms with E-state index in [1.54, 1.807) is 12.3 Å². The average Bonchev–Trinajstić information content (AvgIpc) is 2.59. The first-order valence-corrected chi connectivity index (χ1v) is 8.27. The molecule has 24 heavy (non-hydrogen) atoms. The van der Waals surface area contributed by atoms with Gasteiger partial charge in [0.25, 0.3) is 5.91 Å². The fourth-order valence-electron chi connectivity index (χ4n) is 2.15. The lowest BCUT2D eigenvalue weighted by atomic mass is 10.2. The lowest BCUT2D eigenvalue weighted by Crippen LogP contribution is -2.13. The number of pyridine rings is 1. The molecule has 1 amide bonds. The predicted molar refractivity (Wildman–Crippen MR) is 101 cm³/mol. The maximum atomic E-state index is 12.2. The van der Waals surface area contributed by atoms with E-state index in [4.69, 9.17) is 0 Å². The van der Waals surface area contributed by atoms with Crippen LogP contribution >= 0.6 is 15.9 Å². The minimum Gasteiger partial charge on any atom is -0.353 e. The quantitative estimate of drug-likeness (QED) is 0.656. The number of aryl methyl sites for hydroxylation is 1. The van der Waals surface area contributed by atoms with Crippen LogP contribution in [0.1, 0.15) is 16.1 Å². The highest BCUT2D eigenvalue weighted by Crippen LogP contribution is 2.25. The number of amides is 1. The Bertz CT molecular complexity index is 845. The molecule has 5 heteroatoms. The highest BCUT2D eigenvalue weighted by atomic mass is 79.9. The zero-order valence-corrected chi connectivity index (χ0v) is 14.7. The van der Waals surface area contributed by atoms with Crippen LogP contribution in [-0.4, -0.2) is 10.9 Å². The maximum Gasteiger partial charge on any atom is 0.274 e. The van der Waals surface area contributed by atoms with Crippen LogP contribution < -0.4 is 10.6 Å². The van der Waals surface area contributed by atoms with Crippen molar-refractivity contribution in [1.29, 1.82) is 0 Å². The molecule has 4 nitrogen and oxygen atoms in total. The smallest absolute Gasteiger partial charge is 0.274 e. The number of rotatable bonds is 4. The third-order valence-electron chi connectivity index (χ3n) is 3.46. The first kappa shape index (κ1) is 16.2. The number of hydrogen-bond acceptors (Lipinski definition) is 3. The molecule has 1 aromatic heterocycles. The number of nitrogens with one attached hydrogen (secondary N) is 2. The summed E-state index contributed by atoms with van der Waals surface area (Å²) in [5, 5.41) is 6.09. The molecule has 0 saturated carbocycles. The molecule has 120 valence electrons. The number of para-hydroxylation sites is 1. The molecule has 0 unspecified atom stereocenters. The molecule has 0 aliphatic rings. The van der Waals surface area contributed by atoms with Gasteiger partial charge in [-0.3, -0.25) is 4.79 Å². The number of carbonyl (C=O) groups is 1. The lowest BCUT2D eigenvalue weighted by Gasteiger charge is -2.09. The van der Waals surface area contributed by atoms with Gasteiger partial charge in [0.15, 0.2) is 0 Å². The summed E-state index contributed by atoms with van der Waals surface area (Å²) >= 11 is 3.49. The zero-order chi connectivity index (χ0) is 16.9. The molecule has 0 fully saturated rings. The van der Waals surface area contributed by atoms with Crippen LogP contribution in [0.4, 0.5) is 17.1 Å². The molecule has 1 heterocycles. The second kappa shape index (κ2) is 7.27. The molecule has 0 atom stereocenters. The van der Waals surface area contributed by atoms with Gasteiger partial charge in [0.1, 0.15) is 5.69 Å². The Morgan fingerprint density at radius 1 is 0.958 bits per heavy atom. The van der Waals surface area contributed by atoms with Crippen molar-refractivity contribution in [1.82, 2.24) is 4.98 Å². The van der Waals surface area contributed by atoms with Crippen molar-refractivity contribution in [3.8, 4) is 0 Å². The molecule has 0 aliphatic carbocycles. The molecule has 3 aromatic rings. The lowest BCUT2D eigenvalue weighted by molar-refractivity contribution is 0.102. The Morgan fingerprint density at radius 3 is 2.33 bits per heavy atom. The number of anilines is 3. The van der Waals surface area contributed by atoms with Gasteiger partial charge in [-0.1, -0.05) is 29.8 Å². The minimum absolute atomic E-state index is 0.230. The second-order valence-electron chi connectivity index (χ2n) is 5.36. The fourth-order valence-corrected chi connectivity index (χ4v) is 2.54. The van der Waals surface area contributed by atoms with Crippen molar-refractivity contribution in [3.05, 3.63) is 82.6 Å². The summed E-state index contributed by atoms with van der Waals surface area (Å²) in [5.74, 6) is -0.230. The summed E-state index contributed by atoms with van der Waals surface area (Å²) in [6, 6.07) is 19.0. The van der Waals surface area contributed by atoms with Gasteiger partial charge in [-0.2, -0.15) is 0 Å². The Labute approximate surface area is 149 Å². The predicted octanol–water partition coefficient (Wildman–Crippen LogP) is 5.15. The first-order chi connectivity index (χ1) is 11.6. The molecular formula is C19H16BrN3O. The molecule has 0 bridgehead atoms. The second-order valence-corrected chi connectivity index (χ2v) is 6.21. The first-order valence-electron chi connectivity index (χ1n) is 7.47. The van der Waals surface area contributed by atoms with Crippen LogP contribution in [0.3, 0.4) is 0 Å². The summed E-state index contributed by atoms with van der Waals surface area (Å²) in [7, 11) is 0. The van der Waals surface area contributed by atoms with E-state index in [2.05, 4.69) is 31.5 Å². The maximum absolute atomic E-state index is 12.2. The standard InChI is InChI=1S/C19H16BrN3O/c1-13-6-8-14(9-7-13)23-19(24)18-11-10-15(12-21-18)22-17-5-3-2-4-16(17)20/h2-12,22H,1H3,(H,23,24). The summed E-state index contributed by atoms with van der Waals surface area (Å²) in [5.41, 5.74) is 4.02. The zero-order valence-electron chi connectivity index (χ0n) is 13.1. The van der Waals surface area contributed by atoms with E-state index >= 15 is 0 Å². The fraction of sp³-hybridized carbons (Fsp3) is 0.0526. The number of halogens is 1. The van der Waals surface area contributed by atoms with Crippen LogP contribution in [0, 0.1) is 6.92 Å². The summed E-state index contributed by atoms with van der Waals surface area (Å²) in [6.07, 6.45) is 1.64. The molecular weight excluding hydrogens is 366 g/mol. The molecule has 2 aromatic carbocycles. The van der Waals surface area contributed by atoms with E-state index in [0.29, 0.717) is 5.69 Å². The highest BCUT2D eigenvalue weighted by molar-refractivity contribution is 9.10. The number of benzene rings is 2. The van der Waals surface area contributed by atoms with E-state index in [-0.39, 0.29) is 5.91 Å². The number of aromatic nitrogens is 1. The topological polar surface area (TPSA) is 54.0 Å². The van der Waals surface area contributed by atoms with Gasteiger partial charge in [-0.05, 0) is 59.3 Å². The van der Waals surface area contributed by atoms with E-state index in [1.807, 2.05) is 61.5 Å². The summed E-state index contributed by atoms with van der Waals surface area (Å²) in [4.78, 5) is 16.4. The van der Waals surface area contributed by atoms with Crippen LogP contribution in [0.15, 0.2) is 71.3 Å². The number of hydrogen-bond donors (Lipinski definition) is 2. The van der Waals surface area contributed by atoms with Crippen LogP contribution in [-0.2, 0) is 0 Å². The molecule has 2 N–H and O–H groups in total. The van der Waals surface area contributed by atoms with E-state index < -0.39 is 0 Å². The average molecular weight is 382 g/mol. The Balaban J connectivity index is 1.68.